The van der Waals surface area contributed by atoms with E-state index in [4.69, 9.17) is 9.47 Å². The Morgan fingerprint density at radius 2 is 1.35 bits per heavy atom. The Morgan fingerprint density at radius 1 is 0.826 bits per heavy atom. The smallest absolute Gasteiger partial charge is 0.0645 e. The van der Waals surface area contributed by atoms with Crippen LogP contribution in [0.15, 0.2) is 12.7 Å². The van der Waals surface area contributed by atoms with Gasteiger partial charge in [0, 0.05) is 12.5 Å². The van der Waals surface area contributed by atoms with E-state index in [9.17, 15) is 5.11 Å². The van der Waals surface area contributed by atoms with Crippen LogP contribution >= 0.6 is 0 Å². The number of ether oxygens (including phenoxy) is 2. The van der Waals surface area contributed by atoms with Gasteiger partial charge in [0.2, 0.25) is 0 Å². The second kappa shape index (κ2) is 19.7. The van der Waals surface area contributed by atoms with Crippen molar-refractivity contribution in [3.8, 4) is 0 Å². The van der Waals surface area contributed by atoms with Gasteiger partial charge in [0.25, 0.3) is 0 Å². The normalized spacial score (nSPS) is 12.4. The van der Waals surface area contributed by atoms with Crippen LogP contribution in [-0.4, -0.2) is 38.1 Å². The first-order valence-electron chi connectivity index (χ1n) is 9.72. The first-order valence-corrected chi connectivity index (χ1v) is 9.72. The molecule has 0 aromatic rings. The van der Waals surface area contributed by atoms with E-state index >= 15 is 0 Å². The lowest BCUT2D eigenvalue weighted by Crippen LogP contribution is -2.20. The molecule has 1 N–H and O–H groups in total. The Bertz CT molecular complexity index is 231. The molecule has 0 aliphatic carbocycles. The monoisotopic (exact) mass is 328 g/mol. The van der Waals surface area contributed by atoms with Crippen LogP contribution in [-0.2, 0) is 9.47 Å². The molecule has 0 spiro atoms. The van der Waals surface area contributed by atoms with E-state index in [0.717, 1.165) is 13.0 Å². The number of aliphatic hydroxyl groups excluding tert-OH is 1. The first-order chi connectivity index (χ1) is 11.3. The highest BCUT2D eigenvalue weighted by Gasteiger charge is 2.07. The van der Waals surface area contributed by atoms with E-state index in [1.807, 2.05) is 0 Å². The molecule has 0 bridgehead atoms. The molecule has 0 aromatic carbocycles. The fraction of sp³-hybridized carbons (Fsp3) is 0.900. The molecule has 0 saturated carbocycles. The summed E-state index contributed by atoms with van der Waals surface area (Å²) >= 11 is 0. The Kier molecular flexibility index (Phi) is 19.3. The first kappa shape index (κ1) is 22.6. The van der Waals surface area contributed by atoms with Crippen molar-refractivity contribution in [2.24, 2.45) is 5.92 Å². The van der Waals surface area contributed by atoms with E-state index in [-0.39, 0.29) is 12.5 Å². The largest absolute Gasteiger partial charge is 0.396 e. The van der Waals surface area contributed by atoms with Crippen LogP contribution in [0.1, 0.15) is 77.6 Å². The third-order valence-electron chi connectivity index (χ3n) is 4.09. The zero-order chi connectivity index (χ0) is 17.0. The molecule has 0 fully saturated rings. The molecule has 23 heavy (non-hydrogen) atoms. The summed E-state index contributed by atoms with van der Waals surface area (Å²) in [5.41, 5.74) is 0. The Morgan fingerprint density at radius 3 is 1.87 bits per heavy atom. The van der Waals surface area contributed by atoms with Crippen molar-refractivity contribution < 1.29 is 14.6 Å². The average Bonchev–Trinajstić information content (AvgIpc) is 2.57. The van der Waals surface area contributed by atoms with E-state index in [1.165, 1.54) is 64.2 Å². The van der Waals surface area contributed by atoms with Gasteiger partial charge in [-0.2, -0.15) is 0 Å². The maximum atomic E-state index is 9.23. The maximum Gasteiger partial charge on any atom is 0.0645 e. The predicted molar refractivity (Wildman–Crippen MR) is 98.9 cm³/mol. The minimum Gasteiger partial charge on any atom is -0.396 e. The highest BCUT2D eigenvalue weighted by Crippen LogP contribution is 2.11. The van der Waals surface area contributed by atoms with Crippen LogP contribution in [0.5, 0.6) is 0 Å². The molecular weight excluding hydrogens is 288 g/mol. The molecule has 0 aliphatic heterocycles. The number of aliphatic hydroxyl groups is 1. The van der Waals surface area contributed by atoms with Crippen molar-refractivity contribution >= 4 is 0 Å². The molecule has 3 heteroatoms. The third kappa shape index (κ3) is 17.8. The van der Waals surface area contributed by atoms with Crippen LogP contribution < -0.4 is 0 Å². The zero-order valence-electron chi connectivity index (χ0n) is 15.4. The van der Waals surface area contributed by atoms with Gasteiger partial charge in [-0.25, -0.2) is 0 Å². The van der Waals surface area contributed by atoms with Gasteiger partial charge in [0.05, 0.1) is 26.4 Å². The van der Waals surface area contributed by atoms with Gasteiger partial charge >= 0.3 is 0 Å². The second-order valence-corrected chi connectivity index (χ2v) is 6.49. The lowest BCUT2D eigenvalue weighted by Gasteiger charge is -2.14. The summed E-state index contributed by atoms with van der Waals surface area (Å²) in [6, 6.07) is 0. The lowest BCUT2D eigenvalue weighted by molar-refractivity contribution is 0.0222. The predicted octanol–water partition coefficient (Wildman–Crippen LogP) is 5.13. The molecule has 1 atom stereocenters. The molecule has 0 saturated heterocycles. The summed E-state index contributed by atoms with van der Waals surface area (Å²) in [4.78, 5) is 0. The van der Waals surface area contributed by atoms with E-state index in [0.29, 0.717) is 19.8 Å². The third-order valence-corrected chi connectivity index (χ3v) is 4.09. The van der Waals surface area contributed by atoms with E-state index < -0.39 is 0 Å². The average molecular weight is 329 g/mol. The number of hydrogen-bond donors (Lipinski definition) is 1. The molecular formula is C20H40O3. The molecule has 0 rings (SSSR count). The van der Waals surface area contributed by atoms with Crippen LogP contribution in [0.4, 0.5) is 0 Å². The number of hydrogen-bond acceptors (Lipinski definition) is 3. The standard InChI is InChI=1S/C20H40O3/c1-3-5-6-7-8-9-10-11-12-13-14-16-23-19-20(17-21)18-22-15-4-2/h4,20-21H,2-3,5-19H2,1H3. The molecule has 0 aromatic heterocycles. The SMILES string of the molecule is C=CCOCC(CO)COCCCCCCCCCCCCC. The molecule has 0 amide bonds. The fourth-order valence-electron chi connectivity index (χ4n) is 2.59. The van der Waals surface area contributed by atoms with Gasteiger partial charge in [0.1, 0.15) is 0 Å². The summed E-state index contributed by atoms with van der Waals surface area (Å²) in [5.74, 6) is 0.0858. The summed E-state index contributed by atoms with van der Waals surface area (Å²) in [6.45, 7) is 8.46. The summed E-state index contributed by atoms with van der Waals surface area (Å²) < 4.78 is 11.0. The molecule has 3 nitrogen and oxygen atoms in total. The van der Waals surface area contributed by atoms with Crippen LogP contribution in [0.3, 0.4) is 0 Å². The van der Waals surface area contributed by atoms with E-state index in [2.05, 4.69) is 13.5 Å². The minimum atomic E-state index is 0.0858. The summed E-state index contributed by atoms with van der Waals surface area (Å²) in [5, 5.41) is 9.23. The van der Waals surface area contributed by atoms with Crippen molar-refractivity contribution in [2.75, 3.05) is 33.0 Å². The van der Waals surface area contributed by atoms with Crippen molar-refractivity contribution in [3.63, 3.8) is 0 Å². The highest BCUT2D eigenvalue weighted by atomic mass is 16.5. The number of unbranched alkanes of at least 4 members (excludes halogenated alkanes) is 10. The van der Waals surface area contributed by atoms with Gasteiger partial charge in [-0.05, 0) is 6.42 Å². The molecule has 0 heterocycles. The summed E-state index contributed by atoms with van der Waals surface area (Å²) in [6.07, 6.45) is 16.6. The van der Waals surface area contributed by atoms with Crippen molar-refractivity contribution in [1.29, 1.82) is 0 Å². The van der Waals surface area contributed by atoms with Gasteiger partial charge in [-0.1, -0.05) is 77.2 Å². The van der Waals surface area contributed by atoms with Crippen molar-refractivity contribution in [1.82, 2.24) is 0 Å². The van der Waals surface area contributed by atoms with Gasteiger partial charge in [-0.3, -0.25) is 0 Å². The highest BCUT2D eigenvalue weighted by molar-refractivity contribution is 4.65. The fourth-order valence-corrected chi connectivity index (χ4v) is 2.59. The minimum absolute atomic E-state index is 0.0858. The van der Waals surface area contributed by atoms with Crippen LogP contribution in [0.2, 0.25) is 0 Å². The van der Waals surface area contributed by atoms with Crippen LogP contribution in [0.25, 0.3) is 0 Å². The van der Waals surface area contributed by atoms with Gasteiger partial charge in [-0.15, -0.1) is 6.58 Å². The Balaban J connectivity index is 3.18. The van der Waals surface area contributed by atoms with Crippen LogP contribution in [0, 0.1) is 5.92 Å². The number of rotatable bonds is 19. The van der Waals surface area contributed by atoms with E-state index in [1.54, 1.807) is 6.08 Å². The molecule has 0 aliphatic rings. The molecule has 0 radical (unpaired) electrons. The van der Waals surface area contributed by atoms with Gasteiger partial charge < -0.3 is 14.6 Å². The summed E-state index contributed by atoms with van der Waals surface area (Å²) in [7, 11) is 0. The maximum absolute atomic E-state index is 9.23. The van der Waals surface area contributed by atoms with Crippen molar-refractivity contribution in [2.45, 2.75) is 77.6 Å². The topological polar surface area (TPSA) is 38.7 Å². The van der Waals surface area contributed by atoms with Crippen molar-refractivity contribution in [3.05, 3.63) is 12.7 Å². The molecule has 138 valence electrons. The molecule has 1 unspecified atom stereocenters. The Labute approximate surface area is 144 Å². The zero-order valence-corrected chi connectivity index (χ0v) is 15.4. The second-order valence-electron chi connectivity index (χ2n) is 6.49. The lowest BCUT2D eigenvalue weighted by atomic mass is 10.1. The Hall–Kier alpha value is -0.380. The quantitative estimate of drug-likeness (QED) is 0.264. The van der Waals surface area contributed by atoms with Gasteiger partial charge in [0.15, 0.2) is 0 Å².